The molecule has 0 aliphatic carbocycles. The van der Waals surface area contributed by atoms with Gasteiger partial charge in [0.05, 0.1) is 0 Å². The van der Waals surface area contributed by atoms with E-state index < -0.39 is 0 Å². The normalized spacial score (nSPS) is 16.0. The molecule has 0 saturated carbocycles. The van der Waals surface area contributed by atoms with Gasteiger partial charge in [-0.3, -0.25) is 0 Å². The van der Waals surface area contributed by atoms with Gasteiger partial charge in [0.25, 0.3) is 0 Å². The maximum atomic E-state index is 3.53. The summed E-state index contributed by atoms with van der Waals surface area (Å²) in [5.74, 6) is 0. The number of hydrogen-bond donors (Lipinski definition) is 0. The van der Waals surface area contributed by atoms with Crippen molar-refractivity contribution in [2.45, 2.75) is 6.17 Å². The van der Waals surface area contributed by atoms with Crippen LogP contribution in [0.3, 0.4) is 0 Å². The second kappa shape index (κ2) is 4.45. The van der Waals surface area contributed by atoms with Crippen molar-refractivity contribution in [2.75, 3.05) is 0 Å². The molecule has 0 bridgehead atoms. The summed E-state index contributed by atoms with van der Waals surface area (Å²) in [4.78, 5) is 0. The smallest absolute Gasteiger partial charge is 1.00 e. The van der Waals surface area contributed by atoms with Crippen molar-refractivity contribution in [1.82, 2.24) is 0 Å². The van der Waals surface area contributed by atoms with Gasteiger partial charge in [0, 0.05) is 0 Å². The summed E-state index contributed by atoms with van der Waals surface area (Å²) in [6, 6.07) is 0. The van der Waals surface area contributed by atoms with Crippen LogP contribution in [0, 0.1) is 0 Å². The topological polar surface area (TPSA) is 49.4 Å². The monoisotopic (exact) mass is 136 g/mol. The molecular weight excluding hydrogens is 131 g/mol. The molecule has 0 unspecified atom stereocenters. The van der Waals surface area contributed by atoms with E-state index >= 15 is 0 Å². The standard InChI is InChI=1S/C3H4N4.K.H/c1-2-3-4-6-7-5-3;;/h2-3H,1H2;;/q;+1;-1. The molecular formula is C3H5KN4. The Morgan fingerprint density at radius 3 is 2.12 bits per heavy atom. The predicted octanol–water partition coefficient (Wildman–Crippen LogP) is -1.55. The Kier molecular flexibility index (Phi) is 4.78. The van der Waals surface area contributed by atoms with Crippen molar-refractivity contribution in [2.24, 2.45) is 20.7 Å². The van der Waals surface area contributed by atoms with Gasteiger partial charge in [-0.25, -0.2) is 0 Å². The van der Waals surface area contributed by atoms with Gasteiger partial charge < -0.3 is 1.43 Å². The molecule has 0 spiro atoms. The van der Waals surface area contributed by atoms with E-state index in [2.05, 4.69) is 27.3 Å². The number of rotatable bonds is 1. The van der Waals surface area contributed by atoms with E-state index in [1.54, 1.807) is 6.08 Å². The Morgan fingerprint density at radius 2 is 1.88 bits per heavy atom. The van der Waals surface area contributed by atoms with Crippen molar-refractivity contribution < 1.29 is 52.8 Å². The van der Waals surface area contributed by atoms with E-state index in [1.807, 2.05) is 0 Å². The summed E-state index contributed by atoms with van der Waals surface area (Å²) < 4.78 is 0. The molecule has 0 aromatic carbocycles. The van der Waals surface area contributed by atoms with Crippen LogP contribution >= 0.6 is 0 Å². The van der Waals surface area contributed by atoms with Crippen molar-refractivity contribution in [3.05, 3.63) is 12.7 Å². The molecule has 8 heavy (non-hydrogen) atoms. The van der Waals surface area contributed by atoms with Gasteiger partial charge >= 0.3 is 51.4 Å². The number of nitrogens with zero attached hydrogens (tertiary/aromatic N) is 4. The van der Waals surface area contributed by atoms with Gasteiger partial charge in [0.1, 0.15) is 0 Å². The first kappa shape index (κ1) is 8.58. The second-order valence-electron chi connectivity index (χ2n) is 1.06. The van der Waals surface area contributed by atoms with Crippen LogP contribution in [-0.2, 0) is 0 Å². The molecule has 1 rings (SSSR count). The van der Waals surface area contributed by atoms with Crippen LogP contribution < -0.4 is 51.4 Å². The fourth-order valence-corrected chi connectivity index (χ4v) is 0.269. The van der Waals surface area contributed by atoms with Crippen LogP contribution in [0.15, 0.2) is 33.3 Å². The minimum atomic E-state index is -0.222. The van der Waals surface area contributed by atoms with Crippen LogP contribution in [0.2, 0.25) is 0 Å². The fourth-order valence-electron chi connectivity index (χ4n) is 0.269. The van der Waals surface area contributed by atoms with Crippen molar-refractivity contribution in [3.8, 4) is 0 Å². The Hall–Kier alpha value is 0.576. The van der Waals surface area contributed by atoms with Gasteiger partial charge in [0.15, 0.2) is 0 Å². The van der Waals surface area contributed by atoms with Crippen LogP contribution in [0.25, 0.3) is 0 Å². The van der Waals surface area contributed by atoms with E-state index in [1.165, 1.54) is 0 Å². The molecule has 38 valence electrons. The van der Waals surface area contributed by atoms with E-state index in [4.69, 9.17) is 0 Å². The zero-order valence-corrected chi connectivity index (χ0v) is 7.77. The van der Waals surface area contributed by atoms with Crippen molar-refractivity contribution >= 4 is 0 Å². The van der Waals surface area contributed by atoms with Crippen LogP contribution in [-0.4, -0.2) is 6.17 Å². The fraction of sp³-hybridized carbons (Fsp3) is 0.333. The predicted molar refractivity (Wildman–Crippen MR) is 24.8 cm³/mol. The maximum absolute atomic E-state index is 3.53. The first-order valence-corrected chi connectivity index (χ1v) is 1.86. The molecule has 0 aromatic rings. The van der Waals surface area contributed by atoms with Crippen molar-refractivity contribution in [1.29, 1.82) is 0 Å². The molecule has 0 N–H and O–H groups in total. The molecule has 0 atom stereocenters. The molecule has 1 aliphatic heterocycles. The second-order valence-corrected chi connectivity index (χ2v) is 1.06. The minimum Gasteiger partial charge on any atom is -1.00 e. The molecule has 0 fully saturated rings. The van der Waals surface area contributed by atoms with Gasteiger partial charge in [0.2, 0.25) is 6.17 Å². The Balaban J connectivity index is 0. The number of hydrogen-bond acceptors (Lipinski definition) is 4. The molecule has 0 aromatic heterocycles. The molecule has 0 amide bonds. The van der Waals surface area contributed by atoms with Gasteiger partial charge in [-0.1, -0.05) is 6.58 Å². The third-order valence-corrected chi connectivity index (χ3v) is 0.591. The minimum absolute atomic E-state index is 0. The molecule has 1 aliphatic rings. The first-order chi connectivity index (χ1) is 3.43. The third kappa shape index (κ3) is 2.23. The van der Waals surface area contributed by atoms with E-state index in [-0.39, 0.29) is 59.0 Å². The summed E-state index contributed by atoms with van der Waals surface area (Å²) in [5, 5.41) is 13.6. The largest absolute Gasteiger partial charge is 1.00 e. The average molecular weight is 136 g/mol. The van der Waals surface area contributed by atoms with E-state index in [9.17, 15) is 0 Å². The van der Waals surface area contributed by atoms with E-state index in [0.29, 0.717) is 0 Å². The Morgan fingerprint density at radius 1 is 1.38 bits per heavy atom. The van der Waals surface area contributed by atoms with Crippen molar-refractivity contribution in [3.63, 3.8) is 0 Å². The Bertz CT molecular complexity index is 122. The zero-order valence-electron chi connectivity index (χ0n) is 5.65. The molecule has 0 radical (unpaired) electrons. The molecule has 5 heteroatoms. The summed E-state index contributed by atoms with van der Waals surface area (Å²) in [7, 11) is 0. The third-order valence-electron chi connectivity index (χ3n) is 0.591. The SMILES string of the molecule is C=CC1N=NN=N1.[H-].[K+]. The molecule has 1 heterocycles. The first-order valence-electron chi connectivity index (χ1n) is 1.86. The average Bonchev–Trinajstić information content (AvgIpc) is 2.14. The van der Waals surface area contributed by atoms with Crippen LogP contribution in [0.1, 0.15) is 1.43 Å². The van der Waals surface area contributed by atoms with E-state index in [0.717, 1.165) is 0 Å². The summed E-state index contributed by atoms with van der Waals surface area (Å²) in [5.41, 5.74) is 0. The van der Waals surface area contributed by atoms with Gasteiger partial charge in [-0.05, 0) is 16.5 Å². The van der Waals surface area contributed by atoms with Crippen LogP contribution in [0.5, 0.6) is 0 Å². The Labute approximate surface area is 91.0 Å². The summed E-state index contributed by atoms with van der Waals surface area (Å²) in [6.45, 7) is 3.44. The van der Waals surface area contributed by atoms with Gasteiger partial charge in [-0.15, -0.1) is 10.2 Å². The summed E-state index contributed by atoms with van der Waals surface area (Å²) in [6.07, 6.45) is 1.35. The quantitative estimate of drug-likeness (QED) is 0.309. The van der Waals surface area contributed by atoms with Crippen LogP contribution in [0.4, 0.5) is 0 Å². The zero-order chi connectivity index (χ0) is 5.11. The molecule has 0 saturated heterocycles. The van der Waals surface area contributed by atoms with Gasteiger partial charge in [-0.2, -0.15) is 0 Å². The summed E-state index contributed by atoms with van der Waals surface area (Å²) >= 11 is 0. The molecule has 4 nitrogen and oxygen atoms in total. The maximum Gasteiger partial charge on any atom is 1.00 e.